The van der Waals surface area contributed by atoms with E-state index in [2.05, 4.69) is 194 Å². The average Bonchev–Trinajstić information content (AvgIpc) is 3.83. The second-order valence-electron chi connectivity index (χ2n) is 15.9. The van der Waals surface area contributed by atoms with Crippen LogP contribution < -0.4 is 4.74 Å². The lowest BCUT2D eigenvalue weighted by Crippen LogP contribution is -2.29. The molecule has 0 spiro atoms. The third kappa shape index (κ3) is 4.46. The first-order valence-electron chi connectivity index (χ1n) is 20.3. The Morgan fingerprint density at radius 3 is 1.88 bits per heavy atom. The van der Waals surface area contributed by atoms with Gasteiger partial charge in [-0.1, -0.05) is 164 Å². The molecule has 10 aromatic carbocycles. The van der Waals surface area contributed by atoms with Gasteiger partial charge < -0.3 is 9.15 Å². The van der Waals surface area contributed by atoms with E-state index in [1.807, 2.05) is 12.1 Å². The molecule has 2 aliphatic rings. The largest absolute Gasteiger partial charge is 0.456 e. The Labute approximate surface area is 341 Å². The Morgan fingerprint density at radius 2 is 1.03 bits per heavy atom. The minimum Gasteiger partial charge on any atom is -0.456 e. The molecular weight excluding hydrogens is 717 g/mol. The van der Waals surface area contributed by atoms with Crippen LogP contribution in [-0.4, -0.2) is 0 Å². The summed E-state index contributed by atoms with van der Waals surface area (Å²) in [4.78, 5) is 0. The molecule has 0 bridgehead atoms. The highest BCUT2D eigenvalue weighted by atomic mass is 16.5. The number of hydrogen-bond donors (Lipinski definition) is 0. The first-order chi connectivity index (χ1) is 29.3. The summed E-state index contributed by atoms with van der Waals surface area (Å²) in [7, 11) is 0. The van der Waals surface area contributed by atoms with Crippen LogP contribution >= 0.6 is 0 Å². The van der Waals surface area contributed by atoms with Crippen LogP contribution in [0.3, 0.4) is 0 Å². The molecule has 0 saturated heterocycles. The fraction of sp³-hybridized carbons (Fsp3) is 0.0175. The monoisotopic (exact) mass is 750 g/mol. The Hall–Kier alpha value is -7.68. The molecule has 0 atom stereocenters. The van der Waals surface area contributed by atoms with E-state index in [4.69, 9.17) is 9.15 Å². The molecule has 0 N–H and O–H groups in total. The van der Waals surface area contributed by atoms with Gasteiger partial charge in [-0.15, -0.1) is 0 Å². The molecule has 2 nitrogen and oxygen atoms in total. The summed E-state index contributed by atoms with van der Waals surface area (Å²) in [5, 5.41) is 7.03. The maximum Gasteiger partial charge on any atom is 0.135 e. The van der Waals surface area contributed by atoms with Crippen molar-refractivity contribution < 1.29 is 9.15 Å². The topological polar surface area (TPSA) is 22.4 Å². The van der Waals surface area contributed by atoms with Gasteiger partial charge in [0, 0.05) is 21.7 Å². The molecule has 0 amide bonds. The standard InChI is InChI=1S/C57H34O2/c1-3-15-38(16-4-1)57(39-17-5-2-6-18-39)49-34-37(40-29-31-53-55-44(40)22-13-23-45(55)42-20-9-11-24-50(42)59-53)33-47(54(49)46-28-26-35-14-7-8-19-41(35)56(46)57)36-27-30-52-48(32-36)43-21-10-12-25-51(43)58-52/h1-34H. The van der Waals surface area contributed by atoms with Gasteiger partial charge in [0.1, 0.15) is 22.7 Å². The summed E-state index contributed by atoms with van der Waals surface area (Å²) in [6.07, 6.45) is 0. The summed E-state index contributed by atoms with van der Waals surface area (Å²) in [5.74, 6) is 1.78. The van der Waals surface area contributed by atoms with Crippen molar-refractivity contribution in [2.24, 2.45) is 0 Å². The Morgan fingerprint density at radius 1 is 0.356 bits per heavy atom. The van der Waals surface area contributed by atoms with Crippen LogP contribution in [0.2, 0.25) is 0 Å². The van der Waals surface area contributed by atoms with Crippen molar-refractivity contribution >= 4 is 43.5 Å². The van der Waals surface area contributed by atoms with Gasteiger partial charge in [0.2, 0.25) is 0 Å². The number of furan rings is 1. The third-order valence-corrected chi connectivity index (χ3v) is 12.9. The van der Waals surface area contributed by atoms with E-state index < -0.39 is 5.41 Å². The number of fused-ring (bicyclic) bond motifs is 10. The van der Waals surface area contributed by atoms with E-state index in [0.717, 1.165) is 55.5 Å². The van der Waals surface area contributed by atoms with Crippen molar-refractivity contribution in [1.29, 1.82) is 0 Å². The lowest BCUT2D eigenvalue weighted by atomic mass is 9.66. The van der Waals surface area contributed by atoms with Crippen LogP contribution in [0.25, 0.3) is 88.0 Å². The van der Waals surface area contributed by atoms with Crippen LogP contribution in [0.15, 0.2) is 211 Å². The van der Waals surface area contributed by atoms with Gasteiger partial charge in [-0.2, -0.15) is 0 Å². The van der Waals surface area contributed by atoms with Crippen LogP contribution in [0.4, 0.5) is 0 Å². The SMILES string of the molecule is c1ccc(C2(c3ccccc3)c3cc(-c4ccc5c6c(cccc46)-c4ccccc4O5)cc(-c4ccc5oc6ccccc6c5c4)c3-c3ccc4ccccc4c32)cc1. The fourth-order valence-corrected chi connectivity index (χ4v) is 10.5. The van der Waals surface area contributed by atoms with E-state index >= 15 is 0 Å². The number of rotatable bonds is 4. The summed E-state index contributed by atoms with van der Waals surface area (Å²) >= 11 is 0. The quantitative estimate of drug-likeness (QED) is 0.179. The molecule has 1 aromatic heterocycles. The molecule has 1 aliphatic heterocycles. The smallest absolute Gasteiger partial charge is 0.135 e. The summed E-state index contributed by atoms with van der Waals surface area (Å²) in [6, 6.07) is 75.4. The van der Waals surface area contributed by atoms with Crippen molar-refractivity contribution in [3.05, 3.63) is 229 Å². The molecule has 59 heavy (non-hydrogen) atoms. The summed E-state index contributed by atoms with van der Waals surface area (Å²) in [6.45, 7) is 0. The second kappa shape index (κ2) is 12.2. The van der Waals surface area contributed by atoms with E-state index in [1.54, 1.807) is 0 Å². The molecule has 11 aromatic rings. The molecule has 0 unspecified atom stereocenters. The molecule has 13 rings (SSSR count). The molecule has 2 heterocycles. The van der Waals surface area contributed by atoms with Crippen molar-refractivity contribution in [3.8, 4) is 56.0 Å². The van der Waals surface area contributed by atoms with Crippen molar-refractivity contribution in [3.63, 3.8) is 0 Å². The Balaban J connectivity index is 1.20. The van der Waals surface area contributed by atoms with Gasteiger partial charge in [-0.05, 0) is 120 Å². The first kappa shape index (κ1) is 32.4. The van der Waals surface area contributed by atoms with Gasteiger partial charge in [0.25, 0.3) is 0 Å². The predicted molar refractivity (Wildman–Crippen MR) is 242 cm³/mol. The summed E-state index contributed by atoms with van der Waals surface area (Å²) in [5.41, 5.74) is 15.7. The number of ether oxygens (including phenoxy) is 1. The van der Waals surface area contributed by atoms with Crippen molar-refractivity contribution in [2.75, 3.05) is 0 Å². The van der Waals surface area contributed by atoms with E-state index in [-0.39, 0.29) is 0 Å². The minimum absolute atomic E-state index is 0.625. The van der Waals surface area contributed by atoms with Crippen LogP contribution in [0.5, 0.6) is 11.5 Å². The number of para-hydroxylation sites is 2. The molecule has 0 fully saturated rings. The van der Waals surface area contributed by atoms with Gasteiger partial charge in [-0.25, -0.2) is 0 Å². The number of benzene rings is 10. The Kier molecular flexibility index (Phi) is 6.68. The average molecular weight is 751 g/mol. The fourth-order valence-electron chi connectivity index (χ4n) is 10.5. The predicted octanol–water partition coefficient (Wildman–Crippen LogP) is 15.4. The number of hydrogen-bond acceptors (Lipinski definition) is 2. The minimum atomic E-state index is -0.625. The van der Waals surface area contributed by atoms with E-state index in [0.29, 0.717) is 0 Å². The molecule has 1 aliphatic carbocycles. The molecule has 274 valence electrons. The Bertz CT molecular complexity index is 3480. The zero-order valence-corrected chi connectivity index (χ0v) is 31.9. The zero-order valence-electron chi connectivity index (χ0n) is 31.9. The molecule has 0 saturated carbocycles. The van der Waals surface area contributed by atoms with Crippen LogP contribution in [0, 0.1) is 0 Å². The lowest BCUT2D eigenvalue weighted by molar-refractivity contribution is 0.487. The molecule has 0 radical (unpaired) electrons. The van der Waals surface area contributed by atoms with Crippen LogP contribution in [-0.2, 0) is 5.41 Å². The van der Waals surface area contributed by atoms with Gasteiger partial charge in [0.15, 0.2) is 0 Å². The highest BCUT2D eigenvalue weighted by molar-refractivity contribution is 6.12. The van der Waals surface area contributed by atoms with Gasteiger partial charge in [0.05, 0.1) is 5.41 Å². The molecular formula is C57H34O2. The van der Waals surface area contributed by atoms with E-state index in [9.17, 15) is 0 Å². The highest BCUT2D eigenvalue weighted by Crippen LogP contribution is 2.61. The second-order valence-corrected chi connectivity index (χ2v) is 15.9. The third-order valence-electron chi connectivity index (χ3n) is 12.9. The van der Waals surface area contributed by atoms with Crippen molar-refractivity contribution in [1.82, 2.24) is 0 Å². The molecule has 2 heteroatoms. The summed E-state index contributed by atoms with van der Waals surface area (Å²) < 4.78 is 13.0. The zero-order chi connectivity index (χ0) is 38.7. The van der Waals surface area contributed by atoms with Gasteiger partial charge in [-0.3, -0.25) is 0 Å². The van der Waals surface area contributed by atoms with Crippen LogP contribution in [0.1, 0.15) is 22.3 Å². The maximum absolute atomic E-state index is 6.60. The van der Waals surface area contributed by atoms with Crippen molar-refractivity contribution in [2.45, 2.75) is 5.41 Å². The lowest BCUT2D eigenvalue weighted by Gasteiger charge is -2.35. The van der Waals surface area contributed by atoms with E-state index in [1.165, 1.54) is 66.2 Å². The maximum atomic E-state index is 6.60. The highest BCUT2D eigenvalue weighted by Gasteiger charge is 2.48. The first-order valence-corrected chi connectivity index (χ1v) is 20.3. The van der Waals surface area contributed by atoms with Gasteiger partial charge >= 0.3 is 0 Å². The normalized spacial score (nSPS) is 13.4.